The fourth-order valence-corrected chi connectivity index (χ4v) is 3.85. The summed E-state index contributed by atoms with van der Waals surface area (Å²) in [4.78, 5) is 27.6. The van der Waals surface area contributed by atoms with Crippen molar-refractivity contribution in [1.82, 2.24) is 4.90 Å². The highest BCUT2D eigenvalue weighted by Crippen LogP contribution is 2.36. The number of aliphatic hydroxyl groups excluding tert-OH is 1. The molecule has 154 valence electrons. The van der Waals surface area contributed by atoms with Crippen LogP contribution in [-0.4, -0.2) is 47.3 Å². The van der Waals surface area contributed by atoms with E-state index in [2.05, 4.69) is 20.8 Å². The molecule has 1 N–H and O–H groups in total. The molecular weight excluding hydrogens is 374 g/mol. The van der Waals surface area contributed by atoms with Crippen molar-refractivity contribution in [2.45, 2.75) is 46.5 Å². The number of carbonyl (C=O) groups is 2. The van der Waals surface area contributed by atoms with E-state index < -0.39 is 0 Å². The third-order valence-corrected chi connectivity index (χ3v) is 5.48. The van der Waals surface area contributed by atoms with Gasteiger partial charge in [0.15, 0.2) is 0 Å². The van der Waals surface area contributed by atoms with Gasteiger partial charge in [-0.3, -0.25) is 14.5 Å². The Bertz CT molecular complexity index is 697. The summed E-state index contributed by atoms with van der Waals surface area (Å²) in [5.74, 6) is 1.08. The van der Waals surface area contributed by atoms with Gasteiger partial charge >= 0.3 is 0 Å². The summed E-state index contributed by atoms with van der Waals surface area (Å²) in [5.41, 5.74) is 1.15. The zero-order chi connectivity index (χ0) is 20.5. The lowest BCUT2D eigenvalue weighted by Gasteiger charge is -2.15. The molecule has 0 spiro atoms. The Labute approximate surface area is 172 Å². The first-order valence-electron chi connectivity index (χ1n) is 10.1. The van der Waals surface area contributed by atoms with E-state index in [1.165, 1.54) is 16.7 Å². The van der Waals surface area contributed by atoms with Crippen LogP contribution in [0, 0.1) is 5.92 Å². The third kappa shape index (κ3) is 5.85. The van der Waals surface area contributed by atoms with E-state index in [1.54, 1.807) is 0 Å². The average molecular weight is 406 g/mol. The Morgan fingerprint density at radius 3 is 2.39 bits per heavy atom. The van der Waals surface area contributed by atoms with Gasteiger partial charge in [-0.2, -0.15) is 0 Å². The Balaban J connectivity index is 2.20. The predicted octanol–water partition coefficient (Wildman–Crippen LogP) is 4.11. The monoisotopic (exact) mass is 405 g/mol. The van der Waals surface area contributed by atoms with Crippen LogP contribution in [0.3, 0.4) is 0 Å². The van der Waals surface area contributed by atoms with E-state index in [4.69, 9.17) is 4.74 Å². The van der Waals surface area contributed by atoms with Gasteiger partial charge in [0.1, 0.15) is 5.75 Å². The predicted molar refractivity (Wildman–Crippen MR) is 114 cm³/mol. The number of amides is 2. The minimum Gasteiger partial charge on any atom is -0.493 e. The summed E-state index contributed by atoms with van der Waals surface area (Å²) in [6.45, 7) is 7.33. The molecule has 5 nitrogen and oxygen atoms in total. The second-order valence-electron chi connectivity index (χ2n) is 7.33. The molecule has 0 radical (unpaired) electrons. The van der Waals surface area contributed by atoms with E-state index in [-0.39, 0.29) is 18.4 Å². The molecule has 1 aromatic carbocycles. The highest BCUT2D eigenvalue weighted by Gasteiger charge is 2.38. The Morgan fingerprint density at radius 2 is 1.79 bits per heavy atom. The summed E-state index contributed by atoms with van der Waals surface area (Å²) < 4.78 is 5.71. The topological polar surface area (TPSA) is 66.8 Å². The molecule has 0 fully saturated rings. The molecule has 2 amide bonds. The van der Waals surface area contributed by atoms with Crippen LogP contribution in [0.4, 0.5) is 0 Å². The maximum Gasteiger partial charge on any atom is 0.267 e. The highest BCUT2D eigenvalue weighted by atomic mass is 32.2. The SMILES string of the molecule is CCCCCCN1C(=O)C(SCCO)=C(c2ccc(OCC(C)C)cc2)C1=O. The van der Waals surface area contributed by atoms with Crippen molar-refractivity contribution in [3.8, 4) is 5.75 Å². The van der Waals surface area contributed by atoms with Crippen LogP contribution >= 0.6 is 11.8 Å². The number of imide groups is 1. The molecule has 0 saturated heterocycles. The number of aliphatic hydroxyl groups is 1. The van der Waals surface area contributed by atoms with Gasteiger partial charge in [0.2, 0.25) is 0 Å². The van der Waals surface area contributed by atoms with Crippen molar-refractivity contribution in [3.05, 3.63) is 34.7 Å². The van der Waals surface area contributed by atoms with Crippen molar-refractivity contribution < 1.29 is 19.4 Å². The molecule has 0 aliphatic carbocycles. The number of carbonyl (C=O) groups excluding carboxylic acids is 2. The van der Waals surface area contributed by atoms with E-state index in [0.29, 0.717) is 40.9 Å². The van der Waals surface area contributed by atoms with Gasteiger partial charge in [-0.05, 0) is 30.0 Å². The van der Waals surface area contributed by atoms with E-state index >= 15 is 0 Å². The number of hydrogen-bond donors (Lipinski definition) is 1. The van der Waals surface area contributed by atoms with Gasteiger partial charge in [-0.15, -0.1) is 11.8 Å². The lowest BCUT2D eigenvalue weighted by Crippen LogP contribution is -2.32. The Hall–Kier alpha value is -1.79. The first-order chi connectivity index (χ1) is 13.5. The molecule has 0 bridgehead atoms. The molecule has 1 aliphatic heterocycles. The van der Waals surface area contributed by atoms with Crippen LogP contribution in [0.15, 0.2) is 29.2 Å². The average Bonchev–Trinajstić information content (AvgIpc) is 2.92. The minimum atomic E-state index is -0.241. The molecule has 0 atom stereocenters. The fourth-order valence-electron chi connectivity index (χ4n) is 2.97. The molecule has 1 heterocycles. The van der Waals surface area contributed by atoms with Crippen molar-refractivity contribution in [1.29, 1.82) is 0 Å². The van der Waals surface area contributed by atoms with Crippen molar-refractivity contribution in [2.75, 3.05) is 25.5 Å². The summed E-state index contributed by atoms with van der Waals surface area (Å²) in [7, 11) is 0. The van der Waals surface area contributed by atoms with Crippen LogP contribution in [0.25, 0.3) is 5.57 Å². The molecule has 0 unspecified atom stereocenters. The number of rotatable bonds is 12. The number of unbranched alkanes of at least 4 members (excludes halogenated alkanes) is 3. The van der Waals surface area contributed by atoms with Crippen LogP contribution < -0.4 is 4.74 Å². The van der Waals surface area contributed by atoms with E-state index in [0.717, 1.165) is 31.4 Å². The number of benzene rings is 1. The Kier molecular flexibility index (Phi) is 9.06. The highest BCUT2D eigenvalue weighted by molar-refractivity contribution is 8.04. The number of nitrogens with zero attached hydrogens (tertiary/aromatic N) is 1. The maximum atomic E-state index is 13.0. The number of hydrogen-bond acceptors (Lipinski definition) is 5. The normalized spacial score (nSPS) is 14.5. The minimum absolute atomic E-state index is 0.0403. The molecule has 28 heavy (non-hydrogen) atoms. The van der Waals surface area contributed by atoms with Gasteiger partial charge in [0.25, 0.3) is 11.8 Å². The lowest BCUT2D eigenvalue weighted by molar-refractivity contribution is -0.136. The molecule has 6 heteroatoms. The smallest absolute Gasteiger partial charge is 0.267 e. The van der Waals surface area contributed by atoms with Gasteiger partial charge in [0, 0.05) is 12.3 Å². The summed E-state index contributed by atoms with van der Waals surface area (Å²) in [6.07, 6.45) is 4.02. The van der Waals surface area contributed by atoms with Crippen LogP contribution in [0.1, 0.15) is 52.0 Å². The third-order valence-electron chi connectivity index (χ3n) is 4.42. The second-order valence-corrected chi connectivity index (χ2v) is 8.43. The first kappa shape index (κ1) is 22.5. The molecule has 0 aromatic heterocycles. The largest absolute Gasteiger partial charge is 0.493 e. The Morgan fingerprint density at radius 1 is 1.07 bits per heavy atom. The van der Waals surface area contributed by atoms with Gasteiger partial charge in [-0.1, -0.05) is 52.2 Å². The summed E-state index contributed by atoms with van der Waals surface area (Å²) in [6, 6.07) is 7.33. The molecular formula is C22H31NO4S. The fraction of sp³-hybridized carbons (Fsp3) is 0.545. The van der Waals surface area contributed by atoms with Crippen molar-refractivity contribution in [3.63, 3.8) is 0 Å². The molecule has 2 rings (SSSR count). The molecule has 0 saturated carbocycles. The second kappa shape index (κ2) is 11.3. The summed E-state index contributed by atoms with van der Waals surface area (Å²) >= 11 is 1.25. The van der Waals surface area contributed by atoms with Crippen LogP contribution in [0.5, 0.6) is 5.75 Å². The van der Waals surface area contributed by atoms with Crippen LogP contribution in [0.2, 0.25) is 0 Å². The maximum absolute atomic E-state index is 13.0. The quantitative estimate of drug-likeness (QED) is 0.419. The van der Waals surface area contributed by atoms with Crippen LogP contribution in [-0.2, 0) is 9.59 Å². The number of thioether (sulfide) groups is 1. The first-order valence-corrected chi connectivity index (χ1v) is 11.1. The van der Waals surface area contributed by atoms with Crippen molar-refractivity contribution in [2.24, 2.45) is 5.92 Å². The van der Waals surface area contributed by atoms with Gasteiger partial charge < -0.3 is 9.84 Å². The zero-order valence-corrected chi connectivity index (χ0v) is 17.9. The molecule has 1 aromatic rings. The van der Waals surface area contributed by atoms with Gasteiger partial charge in [-0.25, -0.2) is 0 Å². The van der Waals surface area contributed by atoms with Crippen molar-refractivity contribution >= 4 is 29.1 Å². The van der Waals surface area contributed by atoms with Gasteiger partial charge in [0.05, 0.1) is 23.7 Å². The number of ether oxygens (including phenoxy) is 1. The van der Waals surface area contributed by atoms with E-state index in [1.807, 2.05) is 24.3 Å². The van der Waals surface area contributed by atoms with E-state index in [9.17, 15) is 14.7 Å². The summed E-state index contributed by atoms with van der Waals surface area (Å²) in [5, 5.41) is 9.17. The standard InChI is InChI=1S/C22H31NO4S/c1-4-5-6-7-12-23-21(25)19(20(22(23)26)28-14-13-24)17-8-10-18(11-9-17)27-15-16(2)3/h8-11,16,24H,4-7,12-15H2,1-3H3. The lowest BCUT2D eigenvalue weighted by atomic mass is 10.1. The molecule has 1 aliphatic rings. The zero-order valence-electron chi connectivity index (χ0n) is 17.1.